The number of benzene rings is 2. The highest BCUT2D eigenvalue weighted by molar-refractivity contribution is 7.99. The highest BCUT2D eigenvalue weighted by Gasteiger charge is 2.38. The molecule has 0 radical (unpaired) electrons. The number of nitrogens with zero attached hydrogens (tertiary/aromatic N) is 4. The van der Waals surface area contributed by atoms with Crippen LogP contribution in [-0.2, 0) is 22.6 Å². The highest BCUT2D eigenvalue weighted by atomic mass is 32.2. The molecule has 230 valence electrons. The molecule has 2 heterocycles. The second kappa shape index (κ2) is 14.0. The first kappa shape index (κ1) is 31.9. The molecule has 13 heteroatoms. The number of methoxy groups -OCH3 is 1. The molecule has 43 heavy (non-hydrogen) atoms. The topological polar surface area (TPSA) is 105 Å². The Morgan fingerprint density at radius 3 is 2.37 bits per heavy atom. The van der Waals surface area contributed by atoms with Gasteiger partial charge in [0.1, 0.15) is 5.75 Å². The van der Waals surface area contributed by atoms with E-state index < -0.39 is 12.1 Å². The minimum atomic E-state index is -5.08. The van der Waals surface area contributed by atoms with E-state index in [0.717, 1.165) is 40.8 Å². The Bertz CT molecular complexity index is 1500. The first-order valence-corrected chi connectivity index (χ1v) is 14.7. The monoisotopic (exact) mass is 618 g/mol. The number of fused-ring (bicyclic) bond motifs is 1. The molecule has 0 saturated heterocycles. The SMILES string of the molecule is COc1ccccc1N(C)CCC(=O)N1CCc2nc(SC3CCC3)n(-c3ccccc3)c(=O)c2C1.O=C(O)C(F)(F)F. The smallest absolute Gasteiger partial charge is 0.490 e. The van der Waals surface area contributed by atoms with Gasteiger partial charge in [0, 0.05) is 38.2 Å². The van der Waals surface area contributed by atoms with Crippen LogP contribution in [0.25, 0.3) is 5.69 Å². The second-order valence-corrected chi connectivity index (χ2v) is 11.4. The van der Waals surface area contributed by atoms with Crippen molar-refractivity contribution in [2.45, 2.75) is 55.2 Å². The molecule has 2 aromatic carbocycles. The van der Waals surface area contributed by atoms with Crippen LogP contribution in [0.1, 0.15) is 36.9 Å². The van der Waals surface area contributed by atoms with Gasteiger partial charge in [-0.2, -0.15) is 13.2 Å². The Morgan fingerprint density at radius 1 is 1.12 bits per heavy atom. The van der Waals surface area contributed by atoms with Crippen LogP contribution in [0, 0.1) is 0 Å². The zero-order chi connectivity index (χ0) is 31.1. The largest absolute Gasteiger partial charge is 0.495 e. The molecule has 1 aliphatic heterocycles. The van der Waals surface area contributed by atoms with Crippen LogP contribution in [0.2, 0.25) is 0 Å². The average molecular weight is 619 g/mol. The fourth-order valence-electron chi connectivity index (χ4n) is 4.68. The summed E-state index contributed by atoms with van der Waals surface area (Å²) in [5.41, 5.74) is 3.18. The molecule has 0 bridgehead atoms. The number of carboxylic acid groups (broad SMARTS) is 1. The van der Waals surface area contributed by atoms with Gasteiger partial charge in [-0.15, -0.1) is 0 Å². The van der Waals surface area contributed by atoms with Crippen LogP contribution < -0.4 is 15.2 Å². The second-order valence-electron chi connectivity index (χ2n) is 10.2. The number of carbonyl (C=O) groups is 2. The molecule has 3 aromatic rings. The summed E-state index contributed by atoms with van der Waals surface area (Å²) < 4.78 is 38.9. The Kier molecular flexibility index (Phi) is 10.4. The number of hydrogen-bond acceptors (Lipinski definition) is 7. The van der Waals surface area contributed by atoms with Crippen molar-refractivity contribution in [1.29, 1.82) is 0 Å². The lowest BCUT2D eigenvalue weighted by Gasteiger charge is -2.31. The van der Waals surface area contributed by atoms with Crippen molar-refractivity contribution in [1.82, 2.24) is 14.5 Å². The number of aromatic nitrogens is 2. The maximum absolute atomic E-state index is 13.8. The van der Waals surface area contributed by atoms with E-state index in [1.54, 1.807) is 28.3 Å². The molecular formula is C30H33F3N4O5S. The first-order chi connectivity index (χ1) is 20.5. The van der Waals surface area contributed by atoms with Crippen molar-refractivity contribution in [2.75, 3.05) is 32.1 Å². The number of ether oxygens (including phenoxy) is 1. The van der Waals surface area contributed by atoms with Crippen LogP contribution in [0.15, 0.2) is 64.5 Å². The minimum Gasteiger partial charge on any atom is -0.495 e. The molecule has 1 amide bonds. The van der Waals surface area contributed by atoms with Gasteiger partial charge >= 0.3 is 12.1 Å². The fraction of sp³-hybridized carbons (Fsp3) is 0.400. The lowest BCUT2D eigenvalue weighted by molar-refractivity contribution is -0.192. The van der Waals surface area contributed by atoms with E-state index in [4.69, 9.17) is 19.6 Å². The number of thioether (sulfide) groups is 1. The van der Waals surface area contributed by atoms with Crippen LogP contribution in [0.5, 0.6) is 5.75 Å². The maximum Gasteiger partial charge on any atom is 0.490 e. The number of para-hydroxylation sites is 3. The van der Waals surface area contributed by atoms with E-state index >= 15 is 0 Å². The van der Waals surface area contributed by atoms with Gasteiger partial charge in [0.2, 0.25) is 5.91 Å². The van der Waals surface area contributed by atoms with Crippen LogP contribution in [0.3, 0.4) is 0 Å². The molecule has 1 N–H and O–H groups in total. The summed E-state index contributed by atoms with van der Waals surface area (Å²) in [6.45, 7) is 1.45. The number of hydrogen-bond donors (Lipinski definition) is 1. The lowest BCUT2D eigenvalue weighted by Crippen LogP contribution is -2.42. The number of carbonyl (C=O) groups excluding carboxylic acids is 1. The van der Waals surface area contributed by atoms with Gasteiger partial charge < -0.3 is 19.6 Å². The van der Waals surface area contributed by atoms with Gasteiger partial charge in [-0.3, -0.25) is 14.2 Å². The lowest BCUT2D eigenvalue weighted by atomic mass is 10.0. The van der Waals surface area contributed by atoms with E-state index in [1.165, 1.54) is 6.42 Å². The summed E-state index contributed by atoms with van der Waals surface area (Å²) >= 11 is 1.71. The Balaban J connectivity index is 0.000000541. The fourth-order valence-corrected chi connectivity index (χ4v) is 6.00. The van der Waals surface area contributed by atoms with E-state index in [9.17, 15) is 22.8 Å². The predicted octanol–water partition coefficient (Wildman–Crippen LogP) is 4.93. The summed E-state index contributed by atoms with van der Waals surface area (Å²) in [5.74, 6) is -1.93. The van der Waals surface area contributed by atoms with E-state index in [-0.39, 0.29) is 11.5 Å². The van der Waals surface area contributed by atoms with Gasteiger partial charge in [0.25, 0.3) is 5.56 Å². The van der Waals surface area contributed by atoms with Crippen molar-refractivity contribution in [3.05, 3.63) is 76.2 Å². The number of anilines is 1. The molecule has 0 atom stereocenters. The summed E-state index contributed by atoms with van der Waals surface area (Å²) in [6.07, 6.45) is -0.552. The summed E-state index contributed by atoms with van der Waals surface area (Å²) in [4.78, 5) is 44.6. The predicted molar refractivity (Wildman–Crippen MR) is 157 cm³/mol. The molecular weight excluding hydrogens is 585 g/mol. The number of alkyl halides is 3. The highest BCUT2D eigenvalue weighted by Crippen LogP contribution is 2.36. The minimum absolute atomic E-state index is 0.0426. The van der Waals surface area contributed by atoms with Crippen molar-refractivity contribution < 1.29 is 32.6 Å². The first-order valence-electron chi connectivity index (χ1n) is 13.8. The van der Waals surface area contributed by atoms with E-state index in [2.05, 4.69) is 0 Å². The molecule has 9 nitrogen and oxygen atoms in total. The third-order valence-corrected chi connectivity index (χ3v) is 8.58. The van der Waals surface area contributed by atoms with E-state index in [0.29, 0.717) is 43.3 Å². The summed E-state index contributed by atoms with van der Waals surface area (Å²) in [5, 5.41) is 8.42. The van der Waals surface area contributed by atoms with Gasteiger partial charge in [0.15, 0.2) is 5.16 Å². The summed E-state index contributed by atoms with van der Waals surface area (Å²) in [6, 6.07) is 17.5. The van der Waals surface area contributed by atoms with Crippen LogP contribution >= 0.6 is 11.8 Å². The number of halogens is 3. The number of rotatable bonds is 8. The maximum atomic E-state index is 13.8. The molecule has 1 aliphatic carbocycles. The number of amides is 1. The molecule has 1 aromatic heterocycles. The number of carboxylic acids is 1. The van der Waals surface area contributed by atoms with Crippen molar-refractivity contribution in [3.8, 4) is 11.4 Å². The Labute approximate surface area is 251 Å². The molecule has 0 spiro atoms. The van der Waals surface area contributed by atoms with Crippen LogP contribution in [0.4, 0.5) is 18.9 Å². The number of aliphatic carboxylic acids is 1. The van der Waals surface area contributed by atoms with Gasteiger partial charge in [-0.1, -0.05) is 48.5 Å². The zero-order valence-electron chi connectivity index (χ0n) is 23.8. The Hall–Kier alpha value is -4.00. The normalized spacial score (nSPS) is 14.6. The summed E-state index contributed by atoms with van der Waals surface area (Å²) in [7, 11) is 3.61. The third-order valence-electron chi connectivity index (χ3n) is 7.29. The average Bonchev–Trinajstić information content (AvgIpc) is 2.97. The quantitative estimate of drug-likeness (QED) is 0.355. The zero-order valence-corrected chi connectivity index (χ0v) is 24.7. The molecule has 1 fully saturated rings. The Morgan fingerprint density at radius 2 is 1.77 bits per heavy atom. The van der Waals surface area contributed by atoms with Gasteiger partial charge in [-0.05, 0) is 37.1 Å². The van der Waals surface area contributed by atoms with Crippen molar-refractivity contribution >= 4 is 29.3 Å². The van der Waals surface area contributed by atoms with E-state index in [1.807, 2.05) is 66.5 Å². The third kappa shape index (κ3) is 7.89. The van der Waals surface area contributed by atoms with Crippen molar-refractivity contribution in [2.24, 2.45) is 0 Å². The molecule has 0 unspecified atom stereocenters. The molecule has 1 saturated carbocycles. The van der Waals surface area contributed by atoms with Crippen molar-refractivity contribution in [3.63, 3.8) is 0 Å². The molecule has 2 aliphatic rings. The standard InChI is InChI=1S/C28H32N4O3S.C2HF3O2/c1-30(24-13-6-7-14-25(24)35-2)17-16-26(33)31-18-15-23-22(19-31)27(34)32(20-9-4-3-5-10-20)28(29-23)36-21-11-8-12-21;3-2(4,5)1(6)7/h3-7,9-10,13-14,21H,8,11-12,15-19H2,1-2H3;(H,6,7). The molecule has 5 rings (SSSR count). The van der Waals surface area contributed by atoms with Crippen LogP contribution in [-0.4, -0.2) is 70.1 Å². The van der Waals surface area contributed by atoms with Gasteiger partial charge in [0.05, 0.1) is 36.3 Å². The van der Waals surface area contributed by atoms with Gasteiger partial charge in [-0.25, -0.2) is 9.78 Å².